The van der Waals surface area contributed by atoms with Gasteiger partial charge in [-0.3, -0.25) is 19.5 Å². The average molecular weight is 411 g/mol. The maximum absolute atomic E-state index is 13.0. The number of halogens is 1. The molecule has 140 valence electrons. The minimum absolute atomic E-state index is 0.0572. The zero-order valence-electron chi connectivity index (χ0n) is 14.8. The van der Waals surface area contributed by atoms with Crippen LogP contribution in [0.4, 0.5) is 5.69 Å². The number of benzene rings is 1. The van der Waals surface area contributed by atoms with E-state index in [4.69, 9.17) is 11.6 Å². The first-order valence-electron chi connectivity index (χ1n) is 8.50. The quantitative estimate of drug-likeness (QED) is 0.385. The van der Waals surface area contributed by atoms with Gasteiger partial charge in [-0.15, -0.1) is 11.3 Å². The number of aliphatic hydroxyl groups excluding tert-OH is 1. The molecule has 2 aromatic heterocycles. The molecule has 1 saturated heterocycles. The fraction of sp³-hybridized carbons (Fsp3) is 0.0952. The summed E-state index contributed by atoms with van der Waals surface area (Å²) in [6.07, 6.45) is 3.04. The Bertz CT molecular complexity index is 1110. The molecule has 3 heterocycles. The van der Waals surface area contributed by atoms with E-state index in [0.717, 1.165) is 10.4 Å². The summed E-state index contributed by atoms with van der Waals surface area (Å²) < 4.78 is 0. The Morgan fingerprint density at radius 3 is 2.57 bits per heavy atom. The largest absolute Gasteiger partial charge is 0.507 e. The average Bonchev–Trinajstić information content (AvgIpc) is 3.23. The Labute approximate surface area is 170 Å². The zero-order chi connectivity index (χ0) is 19.8. The molecule has 28 heavy (non-hydrogen) atoms. The van der Waals surface area contributed by atoms with Gasteiger partial charge in [0.2, 0.25) is 0 Å². The molecule has 7 heteroatoms. The van der Waals surface area contributed by atoms with Crippen LogP contribution in [0.25, 0.3) is 5.76 Å². The first kappa shape index (κ1) is 18.4. The second kappa shape index (κ2) is 7.22. The van der Waals surface area contributed by atoms with Gasteiger partial charge in [-0.1, -0.05) is 17.7 Å². The van der Waals surface area contributed by atoms with Crippen molar-refractivity contribution in [3.63, 3.8) is 0 Å². The highest BCUT2D eigenvalue weighted by atomic mass is 35.5. The summed E-state index contributed by atoms with van der Waals surface area (Å²) >= 11 is 7.55. The fourth-order valence-corrected chi connectivity index (χ4v) is 4.51. The van der Waals surface area contributed by atoms with Crippen molar-refractivity contribution in [2.45, 2.75) is 13.0 Å². The molecule has 0 saturated carbocycles. The minimum atomic E-state index is -0.730. The molecular weight excluding hydrogens is 396 g/mol. The zero-order valence-corrected chi connectivity index (χ0v) is 16.4. The molecule has 3 aromatic rings. The molecule has 1 unspecified atom stereocenters. The number of Topliss-reactive ketones (excluding diaryl/α,β-unsaturated/α-hetero) is 1. The van der Waals surface area contributed by atoms with Gasteiger partial charge >= 0.3 is 0 Å². The number of aliphatic hydroxyl groups is 1. The molecule has 4 rings (SSSR count). The number of rotatable bonds is 3. The highest BCUT2D eigenvalue weighted by molar-refractivity contribution is 7.10. The number of nitrogens with zero attached hydrogens (tertiary/aromatic N) is 2. The van der Waals surface area contributed by atoms with E-state index in [2.05, 4.69) is 4.98 Å². The van der Waals surface area contributed by atoms with Gasteiger partial charge in [0.25, 0.3) is 11.7 Å². The molecule has 0 spiro atoms. The number of aryl methyl sites for hydroxylation is 1. The summed E-state index contributed by atoms with van der Waals surface area (Å²) in [5, 5.41) is 13.3. The summed E-state index contributed by atoms with van der Waals surface area (Å²) in [7, 11) is 0. The number of hydrogen-bond donors (Lipinski definition) is 1. The third-order valence-corrected chi connectivity index (χ3v) is 5.94. The number of amides is 1. The van der Waals surface area contributed by atoms with Crippen LogP contribution in [0.3, 0.4) is 0 Å². The highest BCUT2D eigenvalue weighted by Crippen LogP contribution is 2.45. The number of anilines is 1. The molecule has 0 bridgehead atoms. The summed E-state index contributed by atoms with van der Waals surface area (Å²) in [6.45, 7) is 1.91. The number of pyridine rings is 1. The van der Waals surface area contributed by atoms with E-state index in [9.17, 15) is 14.7 Å². The summed E-state index contributed by atoms with van der Waals surface area (Å²) in [5.41, 5.74) is 1.92. The standard InChI is InChI=1S/C21H15ClN2O3S/c1-12-7-10-28-20(12)17-16(18(25)13-5-8-23-9-6-13)19(26)21(27)24(17)15-4-2-3-14(22)11-15/h2-11,17,25H,1H3/b18-16-. The second-order valence-corrected chi connectivity index (χ2v) is 7.74. The van der Waals surface area contributed by atoms with Crippen LogP contribution in [0, 0.1) is 6.92 Å². The van der Waals surface area contributed by atoms with Crippen LogP contribution < -0.4 is 4.90 Å². The molecule has 1 N–H and O–H groups in total. The lowest BCUT2D eigenvalue weighted by atomic mass is 9.98. The predicted octanol–water partition coefficient (Wildman–Crippen LogP) is 4.73. The van der Waals surface area contributed by atoms with Gasteiger partial charge in [0.15, 0.2) is 0 Å². The molecule has 1 aliphatic heterocycles. The van der Waals surface area contributed by atoms with Crippen molar-refractivity contribution in [3.8, 4) is 0 Å². The van der Waals surface area contributed by atoms with Gasteiger partial charge in [0, 0.05) is 33.5 Å². The Morgan fingerprint density at radius 1 is 1.18 bits per heavy atom. The highest BCUT2D eigenvalue weighted by Gasteiger charge is 2.47. The van der Waals surface area contributed by atoms with E-state index in [1.807, 2.05) is 18.4 Å². The van der Waals surface area contributed by atoms with Gasteiger partial charge < -0.3 is 5.11 Å². The number of thiophene rings is 1. The van der Waals surface area contributed by atoms with E-state index in [1.165, 1.54) is 28.6 Å². The number of carbonyl (C=O) groups excluding carboxylic acids is 2. The Hall–Kier alpha value is -2.96. The molecule has 1 aliphatic rings. The van der Waals surface area contributed by atoms with Crippen LogP contribution in [0.15, 0.2) is 65.8 Å². The fourth-order valence-electron chi connectivity index (χ4n) is 3.30. The second-order valence-electron chi connectivity index (χ2n) is 6.35. The summed E-state index contributed by atoms with van der Waals surface area (Å²) in [4.78, 5) is 32.1. The van der Waals surface area contributed by atoms with Crippen molar-refractivity contribution in [1.82, 2.24) is 4.98 Å². The van der Waals surface area contributed by atoms with Crippen molar-refractivity contribution in [2.75, 3.05) is 4.90 Å². The SMILES string of the molecule is Cc1ccsc1C1/C(=C(/O)c2ccncc2)C(=O)C(=O)N1c1cccc(Cl)c1. The predicted molar refractivity (Wildman–Crippen MR) is 110 cm³/mol. The lowest BCUT2D eigenvalue weighted by Crippen LogP contribution is -2.29. The molecule has 0 aliphatic carbocycles. The molecule has 0 radical (unpaired) electrons. The van der Waals surface area contributed by atoms with Gasteiger partial charge in [0.05, 0.1) is 5.57 Å². The monoisotopic (exact) mass is 410 g/mol. The van der Waals surface area contributed by atoms with E-state index < -0.39 is 17.7 Å². The van der Waals surface area contributed by atoms with Crippen molar-refractivity contribution in [1.29, 1.82) is 0 Å². The van der Waals surface area contributed by atoms with E-state index >= 15 is 0 Å². The van der Waals surface area contributed by atoms with E-state index in [-0.39, 0.29) is 11.3 Å². The van der Waals surface area contributed by atoms with E-state index in [0.29, 0.717) is 16.3 Å². The molecule has 1 atom stereocenters. The topological polar surface area (TPSA) is 70.5 Å². The van der Waals surface area contributed by atoms with Crippen LogP contribution in [0.5, 0.6) is 0 Å². The third-order valence-electron chi connectivity index (χ3n) is 4.63. The Kier molecular flexibility index (Phi) is 4.75. The molecule has 5 nitrogen and oxygen atoms in total. The van der Waals surface area contributed by atoms with Crippen LogP contribution in [0.1, 0.15) is 22.0 Å². The molecular formula is C21H15ClN2O3S. The first-order chi connectivity index (χ1) is 13.5. The van der Waals surface area contributed by atoms with Crippen molar-refractivity contribution in [2.24, 2.45) is 0 Å². The van der Waals surface area contributed by atoms with Crippen LogP contribution in [0.2, 0.25) is 5.02 Å². The minimum Gasteiger partial charge on any atom is -0.507 e. The van der Waals surface area contributed by atoms with Crippen LogP contribution >= 0.6 is 22.9 Å². The van der Waals surface area contributed by atoms with Gasteiger partial charge in [-0.25, -0.2) is 0 Å². The van der Waals surface area contributed by atoms with Crippen LogP contribution in [-0.2, 0) is 9.59 Å². The number of carbonyl (C=O) groups is 2. The van der Waals surface area contributed by atoms with Crippen molar-refractivity contribution in [3.05, 3.63) is 86.8 Å². The summed E-state index contributed by atoms with van der Waals surface area (Å²) in [5.74, 6) is -1.65. The van der Waals surface area contributed by atoms with Gasteiger partial charge in [-0.2, -0.15) is 0 Å². The van der Waals surface area contributed by atoms with Crippen molar-refractivity contribution < 1.29 is 14.7 Å². The first-order valence-corrected chi connectivity index (χ1v) is 9.75. The maximum Gasteiger partial charge on any atom is 0.300 e. The Balaban J connectivity index is 1.97. The smallest absolute Gasteiger partial charge is 0.300 e. The van der Waals surface area contributed by atoms with Gasteiger partial charge in [-0.05, 0) is 54.3 Å². The normalized spacial score (nSPS) is 18.6. The number of ketones is 1. The van der Waals surface area contributed by atoms with Crippen molar-refractivity contribution >= 4 is 46.1 Å². The molecule has 1 amide bonds. The molecule has 1 aromatic carbocycles. The number of aromatic nitrogens is 1. The number of hydrogen-bond acceptors (Lipinski definition) is 5. The Morgan fingerprint density at radius 2 is 1.93 bits per heavy atom. The van der Waals surface area contributed by atoms with E-state index in [1.54, 1.807) is 36.4 Å². The molecule has 1 fully saturated rings. The lowest BCUT2D eigenvalue weighted by Gasteiger charge is -2.25. The lowest BCUT2D eigenvalue weighted by molar-refractivity contribution is -0.132. The van der Waals surface area contributed by atoms with Crippen LogP contribution in [-0.4, -0.2) is 21.8 Å². The van der Waals surface area contributed by atoms with Gasteiger partial charge in [0.1, 0.15) is 11.8 Å². The third kappa shape index (κ3) is 3.00. The summed E-state index contributed by atoms with van der Waals surface area (Å²) in [6, 6.07) is 11.2. The maximum atomic E-state index is 13.0.